The monoisotopic (exact) mass is 251 g/mol. The summed E-state index contributed by atoms with van der Waals surface area (Å²) in [5.41, 5.74) is 1.21. The number of hydrogen-bond donors (Lipinski definition) is 1. The second-order valence-electron chi connectivity index (χ2n) is 5.18. The van der Waals surface area contributed by atoms with Crippen molar-refractivity contribution >= 4 is 5.97 Å². The van der Waals surface area contributed by atoms with Gasteiger partial charge in [0.15, 0.2) is 0 Å². The van der Waals surface area contributed by atoms with Crippen LogP contribution in [0.4, 0.5) is 0 Å². The number of aliphatic carboxylic acids is 1. The highest BCUT2D eigenvalue weighted by molar-refractivity contribution is 5.66. The minimum Gasteiger partial charge on any atom is -0.481 e. The minimum atomic E-state index is -0.677. The van der Waals surface area contributed by atoms with Crippen LogP contribution in [0.3, 0.4) is 0 Å². The standard InChI is InChI=1S/C14H21NO3/c1-11-6-9-18-13(11)10-15-7-4-12(5-8-15)2-3-14(16)17/h6,9,12H,2-5,7-8,10H2,1H3,(H,16,17). The zero-order chi connectivity index (χ0) is 13.0. The highest BCUT2D eigenvalue weighted by atomic mass is 16.4. The largest absolute Gasteiger partial charge is 0.481 e. The molecule has 18 heavy (non-hydrogen) atoms. The van der Waals surface area contributed by atoms with Crippen LogP contribution in [0.5, 0.6) is 0 Å². The van der Waals surface area contributed by atoms with E-state index in [1.54, 1.807) is 6.26 Å². The van der Waals surface area contributed by atoms with E-state index in [1.807, 2.05) is 6.07 Å². The third kappa shape index (κ3) is 3.60. The Morgan fingerprint density at radius 1 is 1.50 bits per heavy atom. The van der Waals surface area contributed by atoms with Gasteiger partial charge in [0.25, 0.3) is 0 Å². The van der Waals surface area contributed by atoms with Gasteiger partial charge < -0.3 is 9.52 Å². The van der Waals surface area contributed by atoms with Gasteiger partial charge in [0.1, 0.15) is 5.76 Å². The summed E-state index contributed by atoms with van der Waals surface area (Å²) in [5, 5.41) is 8.68. The highest BCUT2D eigenvalue weighted by Crippen LogP contribution is 2.23. The maximum absolute atomic E-state index is 10.5. The van der Waals surface area contributed by atoms with E-state index in [1.165, 1.54) is 5.56 Å². The number of furan rings is 1. The SMILES string of the molecule is Cc1ccoc1CN1CCC(CCC(=O)O)CC1. The number of carboxylic acids is 1. The summed E-state index contributed by atoms with van der Waals surface area (Å²) in [5.74, 6) is 0.956. The Hall–Kier alpha value is -1.29. The summed E-state index contributed by atoms with van der Waals surface area (Å²) in [6.45, 7) is 5.04. The summed E-state index contributed by atoms with van der Waals surface area (Å²) in [6, 6.07) is 1.99. The Labute approximate surface area is 108 Å². The van der Waals surface area contributed by atoms with E-state index in [0.717, 1.165) is 44.7 Å². The van der Waals surface area contributed by atoms with E-state index in [4.69, 9.17) is 9.52 Å². The molecule has 1 aromatic heterocycles. The molecule has 0 amide bonds. The van der Waals surface area contributed by atoms with Crippen molar-refractivity contribution in [1.82, 2.24) is 4.90 Å². The van der Waals surface area contributed by atoms with Gasteiger partial charge >= 0.3 is 5.97 Å². The molecule has 1 aliphatic rings. The smallest absolute Gasteiger partial charge is 0.303 e. The number of nitrogens with zero attached hydrogens (tertiary/aromatic N) is 1. The van der Waals surface area contributed by atoms with Crippen molar-refractivity contribution in [2.45, 2.75) is 39.2 Å². The Morgan fingerprint density at radius 3 is 2.78 bits per heavy atom. The van der Waals surface area contributed by atoms with Crippen molar-refractivity contribution in [3.63, 3.8) is 0 Å². The molecule has 0 aromatic carbocycles. The molecule has 4 nitrogen and oxygen atoms in total. The van der Waals surface area contributed by atoms with E-state index in [0.29, 0.717) is 12.3 Å². The van der Waals surface area contributed by atoms with Crippen LogP contribution in [-0.2, 0) is 11.3 Å². The third-order valence-electron chi connectivity index (χ3n) is 3.81. The molecule has 1 saturated heterocycles. The first-order chi connectivity index (χ1) is 8.65. The number of carboxylic acid groups (broad SMARTS) is 1. The lowest BCUT2D eigenvalue weighted by molar-refractivity contribution is -0.137. The number of aryl methyl sites for hydroxylation is 1. The third-order valence-corrected chi connectivity index (χ3v) is 3.81. The molecule has 100 valence electrons. The molecule has 0 atom stereocenters. The number of rotatable bonds is 5. The highest BCUT2D eigenvalue weighted by Gasteiger charge is 2.20. The van der Waals surface area contributed by atoms with Gasteiger partial charge in [-0.2, -0.15) is 0 Å². The van der Waals surface area contributed by atoms with Crippen molar-refractivity contribution in [1.29, 1.82) is 0 Å². The van der Waals surface area contributed by atoms with Crippen LogP contribution in [0.2, 0.25) is 0 Å². The molecular weight excluding hydrogens is 230 g/mol. The van der Waals surface area contributed by atoms with E-state index in [2.05, 4.69) is 11.8 Å². The van der Waals surface area contributed by atoms with Crippen molar-refractivity contribution in [3.05, 3.63) is 23.7 Å². The summed E-state index contributed by atoms with van der Waals surface area (Å²) < 4.78 is 5.45. The fraction of sp³-hybridized carbons (Fsp3) is 0.643. The molecule has 4 heteroatoms. The first-order valence-electron chi connectivity index (χ1n) is 6.62. The van der Waals surface area contributed by atoms with Gasteiger partial charge in [-0.25, -0.2) is 0 Å². The van der Waals surface area contributed by atoms with Gasteiger partial charge in [0.05, 0.1) is 12.8 Å². The maximum atomic E-state index is 10.5. The van der Waals surface area contributed by atoms with Gasteiger partial charge in [-0.15, -0.1) is 0 Å². The first kappa shape index (κ1) is 13.1. The van der Waals surface area contributed by atoms with Crippen molar-refractivity contribution in [3.8, 4) is 0 Å². The van der Waals surface area contributed by atoms with Gasteiger partial charge in [0.2, 0.25) is 0 Å². The van der Waals surface area contributed by atoms with E-state index >= 15 is 0 Å². The first-order valence-corrected chi connectivity index (χ1v) is 6.62. The fourth-order valence-corrected chi connectivity index (χ4v) is 2.53. The molecule has 2 heterocycles. The van der Waals surface area contributed by atoms with Crippen LogP contribution >= 0.6 is 0 Å². The van der Waals surface area contributed by atoms with Crippen LogP contribution in [0.1, 0.15) is 37.0 Å². The molecular formula is C14H21NO3. The maximum Gasteiger partial charge on any atom is 0.303 e. The Balaban J connectivity index is 1.73. The van der Waals surface area contributed by atoms with Gasteiger partial charge in [-0.3, -0.25) is 9.69 Å². The van der Waals surface area contributed by atoms with Crippen LogP contribution < -0.4 is 0 Å². The number of carbonyl (C=O) groups is 1. The van der Waals surface area contributed by atoms with E-state index < -0.39 is 5.97 Å². The summed E-state index contributed by atoms with van der Waals surface area (Å²) in [6.07, 6.45) is 5.08. The Kier molecular flexibility index (Phi) is 4.42. The Morgan fingerprint density at radius 2 is 2.22 bits per heavy atom. The second-order valence-corrected chi connectivity index (χ2v) is 5.18. The van der Waals surface area contributed by atoms with E-state index in [9.17, 15) is 4.79 Å². The molecule has 1 fully saturated rings. The van der Waals surface area contributed by atoms with Crippen molar-refractivity contribution < 1.29 is 14.3 Å². The summed E-state index contributed by atoms with van der Waals surface area (Å²) >= 11 is 0. The molecule has 0 radical (unpaired) electrons. The molecule has 0 spiro atoms. The lowest BCUT2D eigenvalue weighted by Crippen LogP contribution is -2.33. The Bertz CT molecular complexity index is 391. The lowest BCUT2D eigenvalue weighted by atomic mass is 9.92. The quantitative estimate of drug-likeness (QED) is 0.874. The second kappa shape index (κ2) is 6.05. The molecule has 0 aliphatic carbocycles. The fourth-order valence-electron chi connectivity index (χ4n) is 2.53. The number of hydrogen-bond acceptors (Lipinski definition) is 3. The predicted octanol–water partition coefficient (Wildman–Crippen LogP) is 2.66. The number of likely N-dealkylation sites (tertiary alicyclic amines) is 1. The average molecular weight is 251 g/mol. The van der Waals surface area contributed by atoms with Crippen molar-refractivity contribution in [2.75, 3.05) is 13.1 Å². The normalized spacial score (nSPS) is 18.1. The van der Waals surface area contributed by atoms with Gasteiger partial charge in [-0.05, 0) is 56.8 Å². The minimum absolute atomic E-state index is 0.307. The van der Waals surface area contributed by atoms with Crippen molar-refractivity contribution in [2.24, 2.45) is 5.92 Å². The van der Waals surface area contributed by atoms with Crippen LogP contribution in [-0.4, -0.2) is 29.1 Å². The van der Waals surface area contributed by atoms with Gasteiger partial charge in [-0.1, -0.05) is 0 Å². The van der Waals surface area contributed by atoms with E-state index in [-0.39, 0.29) is 0 Å². The zero-order valence-electron chi connectivity index (χ0n) is 10.9. The molecule has 1 aliphatic heterocycles. The average Bonchev–Trinajstić information content (AvgIpc) is 2.74. The van der Waals surface area contributed by atoms with Crippen LogP contribution in [0, 0.1) is 12.8 Å². The molecule has 0 bridgehead atoms. The lowest BCUT2D eigenvalue weighted by Gasteiger charge is -2.31. The number of piperidine rings is 1. The van der Waals surface area contributed by atoms with Gasteiger partial charge in [0, 0.05) is 6.42 Å². The van der Waals surface area contributed by atoms with Crippen LogP contribution in [0.25, 0.3) is 0 Å². The summed E-state index contributed by atoms with van der Waals surface area (Å²) in [4.78, 5) is 12.9. The molecule has 1 N–H and O–H groups in total. The molecule has 1 aromatic rings. The predicted molar refractivity (Wildman–Crippen MR) is 68.3 cm³/mol. The molecule has 2 rings (SSSR count). The molecule has 0 saturated carbocycles. The molecule has 0 unspecified atom stereocenters. The zero-order valence-corrected chi connectivity index (χ0v) is 10.9. The summed E-state index contributed by atoms with van der Waals surface area (Å²) in [7, 11) is 0. The van der Waals surface area contributed by atoms with Crippen LogP contribution in [0.15, 0.2) is 16.7 Å². The topological polar surface area (TPSA) is 53.7 Å².